The van der Waals surface area contributed by atoms with Gasteiger partial charge in [0.2, 0.25) is 0 Å². The molecule has 0 bridgehead atoms. The molecule has 1 heterocycles. The molecule has 7 heteroatoms. The number of methoxy groups -OCH3 is 1. The summed E-state index contributed by atoms with van der Waals surface area (Å²) < 4.78 is 34.0. The predicted molar refractivity (Wildman–Crippen MR) is 85.5 cm³/mol. The number of hydrogen-bond donors (Lipinski definition) is 1. The van der Waals surface area contributed by atoms with Crippen LogP contribution in [0.25, 0.3) is 0 Å². The second-order valence-corrected chi connectivity index (χ2v) is 7.57. The van der Waals surface area contributed by atoms with E-state index in [1.807, 2.05) is 13.8 Å². The minimum atomic E-state index is -3.39. The van der Waals surface area contributed by atoms with Gasteiger partial charge in [0, 0.05) is 32.8 Å². The summed E-state index contributed by atoms with van der Waals surface area (Å²) in [6, 6.07) is -0.140. The van der Waals surface area contributed by atoms with E-state index < -0.39 is 10.2 Å². The third-order valence-electron chi connectivity index (χ3n) is 4.00. The minimum Gasteiger partial charge on any atom is -0.383 e. The van der Waals surface area contributed by atoms with E-state index in [-0.39, 0.29) is 6.04 Å². The van der Waals surface area contributed by atoms with Gasteiger partial charge >= 0.3 is 0 Å². The van der Waals surface area contributed by atoms with Gasteiger partial charge in [-0.05, 0) is 38.8 Å². The monoisotopic (exact) mass is 321 g/mol. The van der Waals surface area contributed by atoms with E-state index in [0.29, 0.717) is 32.2 Å². The first-order valence-corrected chi connectivity index (χ1v) is 9.33. The average molecular weight is 321 g/mol. The Morgan fingerprint density at radius 1 is 1.43 bits per heavy atom. The van der Waals surface area contributed by atoms with Gasteiger partial charge in [0.1, 0.15) is 0 Å². The fourth-order valence-electron chi connectivity index (χ4n) is 2.93. The molecular weight excluding hydrogens is 290 g/mol. The number of ether oxygens (including phenoxy) is 1. The third-order valence-corrected chi connectivity index (χ3v) is 6.19. The normalized spacial score (nSPS) is 22.6. The molecule has 0 amide bonds. The molecule has 1 rings (SSSR count). The van der Waals surface area contributed by atoms with Gasteiger partial charge in [0.05, 0.1) is 6.61 Å². The molecule has 0 aromatic rings. The zero-order valence-corrected chi connectivity index (χ0v) is 14.7. The van der Waals surface area contributed by atoms with E-state index in [1.54, 1.807) is 15.7 Å². The second-order valence-electron chi connectivity index (χ2n) is 5.69. The quantitative estimate of drug-likeness (QED) is 0.686. The van der Waals surface area contributed by atoms with Crippen LogP contribution in [0.15, 0.2) is 0 Å². The Labute approximate surface area is 130 Å². The number of nitrogens with one attached hydrogen (secondary N) is 1. The van der Waals surface area contributed by atoms with Crippen molar-refractivity contribution in [1.29, 1.82) is 0 Å². The molecule has 0 saturated carbocycles. The summed E-state index contributed by atoms with van der Waals surface area (Å²) in [4.78, 5) is 0. The molecule has 1 saturated heterocycles. The van der Waals surface area contributed by atoms with Crippen molar-refractivity contribution >= 4 is 10.2 Å². The van der Waals surface area contributed by atoms with E-state index in [1.165, 1.54) is 0 Å². The Balaban J connectivity index is 2.75. The summed E-state index contributed by atoms with van der Waals surface area (Å²) in [6.45, 7) is 9.80. The van der Waals surface area contributed by atoms with Gasteiger partial charge in [-0.15, -0.1) is 0 Å². The molecule has 1 N–H and O–H groups in total. The molecule has 126 valence electrons. The Kier molecular flexibility index (Phi) is 8.12. The standard InChI is InChI=1S/C14H31N3O3S/c1-5-15-10-14-8-7-9-16(11-14)21(18,19)17(6-2)13(3)12-20-4/h13-15H,5-12H2,1-4H3. The molecule has 1 aliphatic rings. The highest BCUT2D eigenvalue weighted by Crippen LogP contribution is 2.22. The van der Waals surface area contributed by atoms with E-state index in [2.05, 4.69) is 12.2 Å². The molecule has 1 aliphatic heterocycles. The van der Waals surface area contributed by atoms with Crippen LogP contribution in [0, 0.1) is 5.92 Å². The van der Waals surface area contributed by atoms with Crippen molar-refractivity contribution in [3.05, 3.63) is 0 Å². The zero-order valence-electron chi connectivity index (χ0n) is 13.8. The van der Waals surface area contributed by atoms with Crippen LogP contribution in [0.2, 0.25) is 0 Å². The topological polar surface area (TPSA) is 61.9 Å². The van der Waals surface area contributed by atoms with Gasteiger partial charge in [0.15, 0.2) is 0 Å². The summed E-state index contributed by atoms with van der Waals surface area (Å²) in [6.07, 6.45) is 2.03. The van der Waals surface area contributed by atoms with Crippen molar-refractivity contribution in [2.45, 2.75) is 39.7 Å². The van der Waals surface area contributed by atoms with E-state index >= 15 is 0 Å². The van der Waals surface area contributed by atoms with Crippen molar-refractivity contribution in [3.63, 3.8) is 0 Å². The van der Waals surface area contributed by atoms with Gasteiger partial charge in [-0.25, -0.2) is 0 Å². The van der Waals surface area contributed by atoms with Crippen LogP contribution in [0.4, 0.5) is 0 Å². The second kappa shape index (κ2) is 9.05. The maximum Gasteiger partial charge on any atom is 0.282 e. The van der Waals surface area contributed by atoms with Gasteiger partial charge in [0.25, 0.3) is 10.2 Å². The maximum atomic E-state index is 12.8. The molecule has 21 heavy (non-hydrogen) atoms. The van der Waals surface area contributed by atoms with E-state index in [4.69, 9.17) is 4.74 Å². The third kappa shape index (κ3) is 5.17. The summed E-state index contributed by atoms with van der Waals surface area (Å²) in [7, 11) is -1.79. The number of rotatable bonds is 9. The smallest absolute Gasteiger partial charge is 0.282 e. The van der Waals surface area contributed by atoms with Crippen molar-refractivity contribution in [1.82, 2.24) is 13.9 Å². The average Bonchev–Trinajstić information content (AvgIpc) is 2.46. The first kappa shape index (κ1) is 18.8. The molecule has 0 aliphatic carbocycles. The summed E-state index contributed by atoms with van der Waals surface area (Å²) in [5.74, 6) is 0.407. The van der Waals surface area contributed by atoms with Crippen LogP contribution in [-0.4, -0.2) is 69.5 Å². The molecule has 0 radical (unpaired) electrons. The van der Waals surface area contributed by atoms with Crippen LogP contribution in [0.3, 0.4) is 0 Å². The Morgan fingerprint density at radius 3 is 2.71 bits per heavy atom. The Hall–Kier alpha value is -0.210. The highest BCUT2D eigenvalue weighted by molar-refractivity contribution is 7.86. The van der Waals surface area contributed by atoms with Gasteiger partial charge in [-0.2, -0.15) is 17.0 Å². The van der Waals surface area contributed by atoms with Crippen LogP contribution in [0.5, 0.6) is 0 Å². The van der Waals surface area contributed by atoms with Gasteiger partial charge in [-0.3, -0.25) is 0 Å². The van der Waals surface area contributed by atoms with Crippen molar-refractivity contribution in [3.8, 4) is 0 Å². The molecule has 0 spiro atoms. The van der Waals surface area contributed by atoms with Crippen LogP contribution in [0.1, 0.15) is 33.6 Å². The van der Waals surface area contributed by atoms with E-state index in [0.717, 1.165) is 25.9 Å². The van der Waals surface area contributed by atoms with Crippen LogP contribution < -0.4 is 5.32 Å². The minimum absolute atomic E-state index is 0.140. The highest BCUT2D eigenvalue weighted by atomic mass is 32.2. The lowest BCUT2D eigenvalue weighted by atomic mass is 10.00. The number of nitrogens with zero attached hydrogens (tertiary/aromatic N) is 2. The Morgan fingerprint density at radius 2 is 2.14 bits per heavy atom. The number of hydrogen-bond acceptors (Lipinski definition) is 4. The van der Waals surface area contributed by atoms with Gasteiger partial charge < -0.3 is 10.1 Å². The fraction of sp³-hybridized carbons (Fsp3) is 1.00. The highest BCUT2D eigenvalue weighted by Gasteiger charge is 2.35. The van der Waals surface area contributed by atoms with Crippen molar-refractivity contribution in [2.24, 2.45) is 5.92 Å². The first-order chi connectivity index (χ1) is 9.97. The molecule has 6 nitrogen and oxygen atoms in total. The number of likely N-dealkylation sites (N-methyl/N-ethyl adjacent to an activating group) is 1. The van der Waals surface area contributed by atoms with Crippen LogP contribution >= 0.6 is 0 Å². The van der Waals surface area contributed by atoms with E-state index in [9.17, 15) is 8.42 Å². The zero-order chi connectivity index (χ0) is 15.9. The molecule has 0 aromatic carbocycles. The Bertz CT molecular complexity index is 389. The molecule has 2 unspecified atom stereocenters. The fourth-order valence-corrected chi connectivity index (χ4v) is 4.82. The molecule has 0 aromatic heterocycles. The lowest BCUT2D eigenvalue weighted by Crippen LogP contribution is -2.52. The largest absolute Gasteiger partial charge is 0.383 e. The van der Waals surface area contributed by atoms with Crippen molar-refractivity contribution < 1.29 is 13.2 Å². The van der Waals surface area contributed by atoms with Crippen molar-refractivity contribution in [2.75, 3.05) is 46.4 Å². The van der Waals surface area contributed by atoms with Gasteiger partial charge in [-0.1, -0.05) is 13.8 Å². The summed E-state index contributed by atoms with van der Waals surface area (Å²) in [5.41, 5.74) is 0. The lowest BCUT2D eigenvalue weighted by Gasteiger charge is -2.37. The SMILES string of the molecule is CCNCC1CCCN(S(=O)(=O)N(CC)C(C)COC)C1. The predicted octanol–water partition coefficient (Wildman–Crippen LogP) is 0.910. The summed E-state index contributed by atoms with van der Waals surface area (Å²) >= 11 is 0. The molecule has 2 atom stereocenters. The number of piperidine rings is 1. The first-order valence-electron chi connectivity index (χ1n) is 7.93. The van der Waals surface area contributed by atoms with Crippen LogP contribution in [-0.2, 0) is 14.9 Å². The maximum absolute atomic E-state index is 12.8. The lowest BCUT2D eigenvalue weighted by molar-refractivity contribution is 0.136. The summed E-state index contributed by atoms with van der Waals surface area (Å²) in [5, 5.41) is 3.32. The molecular formula is C14H31N3O3S. The molecule has 1 fully saturated rings.